The van der Waals surface area contributed by atoms with Gasteiger partial charge in [0.2, 0.25) is 0 Å². The van der Waals surface area contributed by atoms with E-state index in [-0.39, 0.29) is 23.7 Å². The first-order valence-electron chi connectivity index (χ1n) is 8.30. The van der Waals surface area contributed by atoms with E-state index in [1.165, 1.54) is 15.5 Å². The minimum atomic E-state index is -5.87. The van der Waals surface area contributed by atoms with E-state index >= 15 is 0 Å². The number of nitrogens with one attached hydrogen (secondary N) is 2. The predicted molar refractivity (Wildman–Crippen MR) is 85.6 cm³/mol. The maximum absolute atomic E-state index is 12.2. The average Bonchev–Trinajstić information content (AvgIpc) is 3.18. The van der Waals surface area contributed by atoms with E-state index in [4.69, 9.17) is 15.2 Å². The van der Waals surface area contributed by atoms with Crippen molar-refractivity contribution in [2.45, 2.75) is 24.0 Å². The fourth-order valence-electron chi connectivity index (χ4n) is 3.59. The lowest BCUT2D eigenvalue weighted by atomic mass is 10.0. The number of phosphoric ester groups is 1. The van der Waals surface area contributed by atoms with Crippen molar-refractivity contribution in [2.75, 3.05) is 18.9 Å². The van der Waals surface area contributed by atoms with Crippen LogP contribution in [0.1, 0.15) is 6.23 Å². The van der Waals surface area contributed by atoms with Gasteiger partial charge in [0.15, 0.2) is 6.10 Å². The molecule has 16 nitrogen and oxygen atoms in total. The number of phosphoric acid groups is 2. The molecule has 0 aromatic carbocycles. The van der Waals surface area contributed by atoms with Crippen molar-refractivity contribution in [2.24, 2.45) is 7.05 Å². The summed E-state index contributed by atoms with van der Waals surface area (Å²) >= 11 is 0. The van der Waals surface area contributed by atoms with Gasteiger partial charge in [0.25, 0.3) is 14.1 Å². The third kappa shape index (κ3) is 3.61. The number of hydrogen-bond donors (Lipinski definition) is 3. The number of nitrogen functional groups attached to an aromatic ring is 1. The number of aliphatic hydroxyl groups is 1. The topological polar surface area (TPSA) is 242 Å². The third-order valence-corrected chi connectivity index (χ3v) is 6.84. The normalized spacial score (nSPS) is 30.8. The molecule has 2 aromatic rings. The van der Waals surface area contributed by atoms with Gasteiger partial charge in [-0.25, -0.2) is 0 Å². The molecular formula is C12H16N5O11P2-. The van der Waals surface area contributed by atoms with Crippen LogP contribution in [0.5, 0.6) is 0 Å². The Bertz CT molecular complexity index is 1160. The van der Waals surface area contributed by atoms with Crippen molar-refractivity contribution in [1.29, 1.82) is 0 Å². The number of aryl methyl sites for hydroxylation is 1. The summed E-state index contributed by atoms with van der Waals surface area (Å²) < 4.78 is 44.1. The molecule has 2 fully saturated rings. The first-order valence-corrected chi connectivity index (χ1v) is 11.2. The number of nitrogens with zero attached hydrogens (tertiary/aromatic N) is 2. The molecule has 2 bridgehead atoms. The zero-order chi connectivity index (χ0) is 22.1. The Balaban J connectivity index is 1.63. The van der Waals surface area contributed by atoms with E-state index in [1.54, 1.807) is 7.05 Å². The molecule has 18 heteroatoms. The minimum absolute atomic E-state index is 0.0424. The molecule has 5 N–H and O–H groups in total. The van der Waals surface area contributed by atoms with E-state index in [0.29, 0.717) is 0 Å². The maximum atomic E-state index is 12.2. The highest BCUT2D eigenvalue weighted by atomic mass is 31.3. The molecular weight excluding hydrogens is 452 g/mol. The molecule has 2 aliphatic rings. The number of aromatic nitrogens is 4. The lowest BCUT2D eigenvalue weighted by Gasteiger charge is -2.37. The summed E-state index contributed by atoms with van der Waals surface area (Å²) in [4.78, 5) is 50.0. The number of aromatic amines is 2. The van der Waals surface area contributed by atoms with Gasteiger partial charge in [-0.3, -0.25) is 18.7 Å². The van der Waals surface area contributed by atoms with Crippen LogP contribution in [0.15, 0.2) is 11.1 Å². The first kappa shape index (κ1) is 21.5. The van der Waals surface area contributed by atoms with E-state index in [1.807, 2.05) is 0 Å². The lowest BCUT2D eigenvalue weighted by Crippen LogP contribution is -2.51. The van der Waals surface area contributed by atoms with E-state index in [0.717, 1.165) is 0 Å². The second kappa shape index (κ2) is 6.90. The fourth-order valence-corrected chi connectivity index (χ4v) is 5.13. The highest BCUT2D eigenvalue weighted by Crippen LogP contribution is 2.52. The van der Waals surface area contributed by atoms with Crippen LogP contribution in [0.4, 0.5) is 5.95 Å². The SMILES string of the molecule is Cn1c[n+]([C@@H]2O[C@@]3(COP(=O)([O-])OP(=O)([O-])[O-])COC2[C@H]3O)c2[nH+]c(N)[nH]c(=O)c21. The average molecular weight is 468 g/mol. The molecule has 2 aromatic heterocycles. The molecule has 0 amide bonds. The molecule has 0 spiro atoms. The quantitative estimate of drug-likeness (QED) is 0.266. The van der Waals surface area contributed by atoms with Gasteiger partial charge in [-0.15, -0.1) is 4.57 Å². The standard InChI is InChI=1S/C12H17N5O11P2/c1-16-4-17(8-5(16)9(19)15-11(13)14-8)10-6-7(18)12(27-10,2-25-6)3-26-30(23,24)28-29(20,21)22/h4,6-7,10,18H,2-3H2,1H3,(H5-,13,14,15,19,20,21,22,23,24)/p-1/t6?,7-,10-,12-/m1/s1. The molecule has 5 atom stereocenters. The van der Waals surface area contributed by atoms with Crippen molar-refractivity contribution in [1.82, 2.24) is 9.55 Å². The van der Waals surface area contributed by atoms with Crippen LogP contribution < -0.4 is 35.5 Å². The van der Waals surface area contributed by atoms with Crippen molar-refractivity contribution < 1.29 is 56.8 Å². The van der Waals surface area contributed by atoms with Gasteiger partial charge >= 0.3 is 29.0 Å². The number of anilines is 1. The van der Waals surface area contributed by atoms with Gasteiger partial charge in [0, 0.05) is 0 Å². The number of nitrogens with two attached hydrogens (primary N) is 1. The van der Waals surface area contributed by atoms with Gasteiger partial charge in [-0.1, -0.05) is 0 Å². The van der Waals surface area contributed by atoms with Gasteiger partial charge in [0.05, 0.1) is 21.0 Å². The summed E-state index contributed by atoms with van der Waals surface area (Å²) in [6, 6.07) is 0. The Morgan fingerprint density at radius 2 is 2.20 bits per heavy atom. The number of imidazole rings is 1. The number of fused-ring (bicyclic) bond motifs is 3. The summed E-state index contributed by atoms with van der Waals surface area (Å²) in [5.41, 5.74) is 3.88. The number of H-pyrrole nitrogens is 2. The van der Waals surface area contributed by atoms with Crippen molar-refractivity contribution in [3.63, 3.8) is 0 Å². The Labute approximate surface area is 166 Å². The summed E-state index contributed by atoms with van der Waals surface area (Å²) in [5.74, 6) is -0.0424. The number of hydrogen-bond acceptors (Lipinski definition) is 12. The Hall–Kier alpha value is -1.71. The number of ether oxygens (including phenoxy) is 2. The highest BCUT2D eigenvalue weighted by Gasteiger charge is 2.65. The fraction of sp³-hybridized carbons (Fsp3) is 0.583. The van der Waals surface area contributed by atoms with Crippen LogP contribution >= 0.6 is 15.6 Å². The smallest absolute Gasteiger partial charge is 0.405 e. The molecule has 2 unspecified atom stereocenters. The van der Waals surface area contributed by atoms with E-state index in [9.17, 15) is 33.7 Å². The monoisotopic (exact) mass is 468 g/mol. The molecule has 2 aliphatic heterocycles. The largest absolute Gasteiger partial charge is 0.790 e. The highest BCUT2D eigenvalue weighted by molar-refractivity contribution is 7.58. The van der Waals surface area contributed by atoms with Crippen molar-refractivity contribution >= 4 is 32.8 Å². The van der Waals surface area contributed by atoms with Crippen molar-refractivity contribution in [3.8, 4) is 0 Å². The summed E-state index contributed by atoms with van der Waals surface area (Å²) in [5, 5.41) is 10.6. The second-order valence-electron chi connectivity index (χ2n) is 6.87. The minimum Gasteiger partial charge on any atom is -0.790 e. The van der Waals surface area contributed by atoms with Crippen LogP contribution in [0.25, 0.3) is 11.2 Å². The zero-order valence-electron chi connectivity index (χ0n) is 15.1. The van der Waals surface area contributed by atoms with Gasteiger partial charge < -0.3 is 44.1 Å². The third-order valence-electron chi connectivity index (χ3n) is 4.80. The van der Waals surface area contributed by atoms with Crippen LogP contribution in [0.3, 0.4) is 0 Å². The van der Waals surface area contributed by atoms with E-state index in [2.05, 4.69) is 18.8 Å². The molecule has 4 rings (SSSR count). The molecule has 30 heavy (non-hydrogen) atoms. The summed E-state index contributed by atoms with van der Waals surface area (Å²) in [6.45, 7) is -1.18. The van der Waals surface area contributed by atoms with Crippen LogP contribution in [-0.4, -0.2) is 45.7 Å². The summed E-state index contributed by atoms with van der Waals surface area (Å²) in [6.07, 6.45) is -1.94. The lowest BCUT2D eigenvalue weighted by molar-refractivity contribution is -0.773. The van der Waals surface area contributed by atoms with Crippen LogP contribution in [0, 0.1) is 0 Å². The second-order valence-corrected chi connectivity index (χ2v) is 9.57. The molecule has 166 valence electrons. The van der Waals surface area contributed by atoms with Crippen molar-refractivity contribution in [3.05, 3.63) is 16.7 Å². The van der Waals surface area contributed by atoms with Crippen LogP contribution in [0.2, 0.25) is 0 Å². The predicted octanol–water partition coefficient (Wildman–Crippen LogP) is -5.09. The van der Waals surface area contributed by atoms with Gasteiger partial charge in [-0.2, -0.15) is 9.55 Å². The zero-order valence-corrected chi connectivity index (χ0v) is 16.9. The molecule has 4 heterocycles. The Morgan fingerprint density at radius 1 is 1.50 bits per heavy atom. The van der Waals surface area contributed by atoms with Gasteiger partial charge in [0.1, 0.15) is 18.8 Å². The molecule has 0 saturated carbocycles. The molecule has 2 saturated heterocycles. The number of aliphatic hydroxyl groups excluding tert-OH is 1. The van der Waals surface area contributed by atoms with E-state index < -0.39 is 51.8 Å². The van der Waals surface area contributed by atoms with Gasteiger partial charge in [-0.05, 0) is 0 Å². The number of rotatable bonds is 6. The summed E-state index contributed by atoms with van der Waals surface area (Å²) in [7, 11) is -9.82. The Morgan fingerprint density at radius 3 is 2.87 bits per heavy atom. The van der Waals surface area contributed by atoms with Crippen LogP contribution in [-0.2, 0) is 34.5 Å². The first-order chi connectivity index (χ1) is 13.8. The maximum Gasteiger partial charge on any atom is 0.405 e. The molecule has 0 aliphatic carbocycles. The molecule has 0 radical (unpaired) electrons. The Kier molecular flexibility index (Phi) is 4.95.